The van der Waals surface area contributed by atoms with Crippen molar-refractivity contribution in [3.63, 3.8) is 0 Å². The maximum Gasteiger partial charge on any atom is 0.344 e. The van der Waals surface area contributed by atoms with Gasteiger partial charge in [0, 0.05) is 6.04 Å². The largest absolute Gasteiger partial charge is 0.344 e. The van der Waals surface area contributed by atoms with Crippen molar-refractivity contribution >= 4 is 17.5 Å². The van der Waals surface area contributed by atoms with Gasteiger partial charge in [-0.2, -0.15) is 0 Å². The second-order valence-corrected chi connectivity index (χ2v) is 4.95. The van der Waals surface area contributed by atoms with E-state index in [-0.39, 0.29) is 22.8 Å². The van der Waals surface area contributed by atoms with Gasteiger partial charge < -0.3 is 0 Å². The van der Waals surface area contributed by atoms with E-state index in [0.29, 0.717) is 5.16 Å². The van der Waals surface area contributed by atoms with E-state index in [1.165, 1.54) is 18.7 Å². The minimum absolute atomic E-state index is 0.0397. The van der Waals surface area contributed by atoms with Crippen LogP contribution in [0.25, 0.3) is 0 Å². The Labute approximate surface area is 92.3 Å². The number of carbonyl (C=O) groups excluding carboxylic acids is 1. The summed E-state index contributed by atoms with van der Waals surface area (Å²) in [4.78, 5) is 22.5. The molecule has 0 amide bonds. The molecule has 1 aromatic heterocycles. The van der Waals surface area contributed by atoms with Crippen LogP contribution in [0, 0.1) is 0 Å². The molecule has 0 saturated carbocycles. The molecule has 84 valence electrons. The fourth-order valence-corrected chi connectivity index (χ4v) is 2.06. The Morgan fingerprint density at radius 3 is 2.53 bits per heavy atom. The molecule has 0 fully saturated rings. The molecule has 0 aliphatic rings. The van der Waals surface area contributed by atoms with Gasteiger partial charge in [0.1, 0.15) is 5.78 Å². The molecular formula is C9H15N3O2S. The van der Waals surface area contributed by atoms with Crippen LogP contribution < -0.4 is 5.69 Å². The summed E-state index contributed by atoms with van der Waals surface area (Å²) in [6.45, 7) is 7.14. The molecule has 5 nitrogen and oxygen atoms in total. The number of carbonyl (C=O) groups is 1. The highest BCUT2D eigenvalue weighted by molar-refractivity contribution is 8.00. The van der Waals surface area contributed by atoms with Crippen molar-refractivity contribution in [3.05, 3.63) is 10.5 Å². The summed E-state index contributed by atoms with van der Waals surface area (Å²) in [6.07, 6.45) is 0. The van der Waals surface area contributed by atoms with Crippen LogP contribution in [0.2, 0.25) is 0 Å². The summed E-state index contributed by atoms with van der Waals surface area (Å²) in [5.41, 5.74) is -0.233. The lowest BCUT2D eigenvalue weighted by atomic mass is 10.3. The van der Waals surface area contributed by atoms with Crippen LogP contribution in [0.5, 0.6) is 0 Å². The van der Waals surface area contributed by atoms with Gasteiger partial charge in [0.25, 0.3) is 0 Å². The summed E-state index contributed by atoms with van der Waals surface area (Å²) in [7, 11) is 0. The summed E-state index contributed by atoms with van der Waals surface area (Å²) in [6, 6.07) is 0.0397. The topological polar surface area (TPSA) is 67.8 Å². The fourth-order valence-electron chi connectivity index (χ4n) is 1.07. The molecule has 0 bridgehead atoms. The zero-order valence-electron chi connectivity index (χ0n) is 9.27. The average Bonchev–Trinajstić information content (AvgIpc) is 2.46. The third-order valence-electron chi connectivity index (χ3n) is 2.04. The molecule has 1 aromatic rings. The maximum absolute atomic E-state index is 11.4. The van der Waals surface area contributed by atoms with E-state index in [4.69, 9.17) is 0 Å². The highest BCUT2D eigenvalue weighted by Crippen LogP contribution is 2.22. The number of nitrogens with one attached hydrogen (secondary N) is 1. The Bertz CT molecular complexity index is 408. The third kappa shape index (κ3) is 2.71. The lowest BCUT2D eigenvalue weighted by Crippen LogP contribution is -2.20. The number of H-pyrrole nitrogens is 1. The quantitative estimate of drug-likeness (QED) is 0.788. The molecule has 1 rings (SSSR count). The summed E-state index contributed by atoms with van der Waals surface area (Å²) in [5, 5.41) is 6.67. The third-order valence-corrected chi connectivity index (χ3v) is 3.23. The van der Waals surface area contributed by atoms with Gasteiger partial charge in [0.2, 0.25) is 0 Å². The van der Waals surface area contributed by atoms with Crippen LogP contribution in [0.3, 0.4) is 0 Å². The molecule has 0 aromatic carbocycles. The Balaban J connectivity index is 2.96. The number of aromatic amines is 1. The zero-order valence-corrected chi connectivity index (χ0v) is 10.1. The standard InChI is InChI=1S/C9H15N3O2S/c1-5(2)12-8(14)10-11-9(12)15-7(4)6(3)13/h5,7H,1-4H3,(H,10,14). The van der Waals surface area contributed by atoms with Crippen molar-refractivity contribution in [2.75, 3.05) is 0 Å². The first kappa shape index (κ1) is 12.0. The van der Waals surface area contributed by atoms with Gasteiger partial charge in [-0.05, 0) is 27.7 Å². The van der Waals surface area contributed by atoms with E-state index < -0.39 is 0 Å². The normalized spacial score (nSPS) is 13.1. The molecular weight excluding hydrogens is 214 g/mol. The SMILES string of the molecule is CC(=O)C(C)Sc1n[nH]c(=O)n1C(C)C. The van der Waals surface area contributed by atoms with Crippen LogP contribution in [0.4, 0.5) is 0 Å². The Morgan fingerprint density at radius 1 is 1.47 bits per heavy atom. The highest BCUT2D eigenvalue weighted by atomic mass is 32.2. The molecule has 1 atom stereocenters. The van der Waals surface area contributed by atoms with Crippen molar-refractivity contribution in [3.8, 4) is 0 Å². The summed E-state index contributed by atoms with van der Waals surface area (Å²) < 4.78 is 1.55. The smallest absolute Gasteiger partial charge is 0.299 e. The molecule has 0 aliphatic heterocycles. The van der Waals surface area contributed by atoms with Gasteiger partial charge in [-0.3, -0.25) is 9.36 Å². The molecule has 1 N–H and O–H groups in total. The molecule has 0 radical (unpaired) electrons. The number of thioether (sulfide) groups is 1. The minimum atomic E-state index is -0.233. The van der Waals surface area contributed by atoms with Crippen LogP contribution in [-0.4, -0.2) is 25.8 Å². The van der Waals surface area contributed by atoms with E-state index in [9.17, 15) is 9.59 Å². The first-order valence-electron chi connectivity index (χ1n) is 4.77. The average molecular weight is 229 g/mol. The van der Waals surface area contributed by atoms with Crippen LogP contribution >= 0.6 is 11.8 Å². The van der Waals surface area contributed by atoms with Gasteiger partial charge in [0.05, 0.1) is 5.25 Å². The van der Waals surface area contributed by atoms with E-state index in [1.807, 2.05) is 13.8 Å². The number of Topliss-reactive ketones (excluding diaryl/α,β-unsaturated/α-hetero) is 1. The molecule has 1 unspecified atom stereocenters. The minimum Gasteiger partial charge on any atom is -0.299 e. The van der Waals surface area contributed by atoms with Gasteiger partial charge in [-0.25, -0.2) is 9.89 Å². The number of hydrogen-bond donors (Lipinski definition) is 1. The van der Waals surface area contributed by atoms with Crippen molar-refractivity contribution < 1.29 is 4.79 Å². The predicted molar refractivity (Wildman–Crippen MR) is 59.2 cm³/mol. The summed E-state index contributed by atoms with van der Waals surface area (Å²) >= 11 is 1.30. The van der Waals surface area contributed by atoms with Crippen molar-refractivity contribution in [1.29, 1.82) is 0 Å². The van der Waals surface area contributed by atoms with Gasteiger partial charge in [-0.15, -0.1) is 5.10 Å². The molecule has 0 aliphatic carbocycles. The Morgan fingerprint density at radius 2 is 2.07 bits per heavy atom. The number of nitrogens with zero attached hydrogens (tertiary/aromatic N) is 2. The monoisotopic (exact) mass is 229 g/mol. The van der Waals surface area contributed by atoms with Gasteiger partial charge in [0.15, 0.2) is 5.16 Å². The summed E-state index contributed by atoms with van der Waals surface area (Å²) in [5.74, 6) is 0.0748. The van der Waals surface area contributed by atoms with Crippen LogP contribution in [0.15, 0.2) is 9.95 Å². The van der Waals surface area contributed by atoms with Gasteiger partial charge in [-0.1, -0.05) is 11.8 Å². The first-order valence-corrected chi connectivity index (χ1v) is 5.65. The maximum atomic E-state index is 11.4. The van der Waals surface area contributed by atoms with E-state index in [1.54, 1.807) is 11.5 Å². The molecule has 0 spiro atoms. The number of rotatable bonds is 4. The van der Waals surface area contributed by atoms with Crippen molar-refractivity contribution in [2.45, 2.75) is 44.1 Å². The van der Waals surface area contributed by atoms with E-state index in [2.05, 4.69) is 10.2 Å². The predicted octanol–water partition coefficient (Wildman–Crippen LogP) is 1.22. The van der Waals surface area contributed by atoms with Crippen molar-refractivity contribution in [2.24, 2.45) is 0 Å². The molecule has 0 saturated heterocycles. The lowest BCUT2D eigenvalue weighted by Gasteiger charge is -2.10. The van der Waals surface area contributed by atoms with E-state index >= 15 is 0 Å². The fraction of sp³-hybridized carbons (Fsp3) is 0.667. The second kappa shape index (κ2) is 4.65. The zero-order chi connectivity index (χ0) is 11.6. The van der Waals surface area contributed by atoms with Crippen LogP contribution in [0.1, 0.15) is 33.7 Å². The Hall–Kier alpha value is -1.04. The molecule has 1 heterocycles. The van der Waals surface area contributed by atoms with Crippen molar-refractivity contribution in [1.82, 2.24) is 14.8 Å². The number of aromatic nitrogens is 3. The number of ketones is 1. The lowest BCUT2D eigenvalue weighted by molar-refractivity contribution is -0.116. The second-order valence-electron chi connectivity index (χ2n) is 3.65. The molecule has 15 heavy (non-hydrogen) atoms. The first-order chi connectivity index (χ1) is 6.93. The number of hydrogen-bond acceptors (Lipinski definition) is 4. The van der Waals surface area contributed by atoms with Crippen LogP contribution in [-0.2, 0) is 4.79 Å². The van der Waals surface area contributed by atoms with E-state index in [0.717, 1.165) is 0 Å². The molecule has 6 heteroatoms. The Kier molecular flexibility index (Phi) is 3.73. The van der Waals surface area contributed by atoms with Gasteiger partial charge >= 0.3 is 5.69 Å². The highest BCUT2D eigenvalue weighted by Gasteiger charge is 2.17.